The molecule has 0 aromatic heterocycles. The van der Waals surface area contributed by atoms with Crippen LogP contribution in [0.4, 0.5) is 11.4 Å². The maximum atomic E-state index is 9.75. The minimum atomic E-state index is -0.119. The second kappa shape index (κ2) is 19.6. The van der Waals surface area contributed by atoms with Gasteiger partial charge in [0.05, 0.1) is 85.4 Å². The lowest BCUT2D eigenvalue weighted by Crippen LogP contribution is -2.55. The molecule has 0 aliphatic carbocycles. The lowest BCUT2D eigenvalue weighted by atomic mass is 9.77. The van der Waals surface area contributed by atoms with Crippen LogP contribution in [0.25, 0.3) is 0 Å². The first-order valence-electron chi connectivity index (χ1n) is 15.1. The normalized spacial score (nSPS) is 17.3. The number of nitrogen functional groups attached to an aromatic ring is 1. The number of aliphatic hydroxyl groups excluding tert-OH is 2. The predicted molar refractivity (Wildman–Crippen MR) is 162 cm³/mol. The molecule has 0 bridgehead atoms. The van der Waals surface area contributed by atoms with Crippen LogP contribution in [0.1, 0.15) is 58.1 Å². The first kappa shape index (κ1) is 35.7. The summed E-state index contributed by atoms with van der Waals surface area (Å²) in [6, 6.07) is 4.42. The Morgan fingerprint density at radius 2 is 1.34 bits per heavy atom. The van der Waals surface area contributed by atoms with Crippen LogP contribution in [0.5, 0.6) is 0 Å². The van der Waals surface area contributed by atoms with Crippen LogP contribution in [0.3, 0.4) is 0 Å². The van der Waals surface area contributed by atoms with Gasteiger partial charge >= 0.3 is 0 Å². The molecule has 41 heavy (non-hydrogen) atoms. The van der Waals surface area contributed by atoms with E-state index in [1.54, 1.807) is 0 Å². The SMILES string of the molecule is CC(C)c1cc2c(cc1N)CC(C)C(C)(C)N2CC(CCO)OCCOCCOCCOCCOCCOCCO. The van der Waals surface area contributed by atoms with E-state index >= 15 is 0 Å². The Balaban J connectivity index is 1.68. The Morgan fingerprint density at radius 1 is 0.829 bits per heavy atom. The molecule has 1 aromatic rings. The van der Waals surface area contributed by atoms with E-state index in [9.17, 15) is 5.11 Å². The maximum absolute atomic E-state index is 9.75. The molecule has 0 saturated carbocycles. The maximum Gasteiger partial charge on any atom is 0.0773 e. The molecular weight excluding hydrogens is 528 g/mol. The predicted octanol–water partition coefficient (Wildman–Crippen LogP) is 3.01. The van der Waals surface area contributed by atoms with E-state index in [1.807, 2.05) is 0 Å². The highest BCUT2D eigenvalue weighted by molar-refractivity contribution is 5.67. The zero-order chi connectivity index (χ0) is 30.1. The van der Waals surface area contributed by atoms with Crippen LogP contribution < -0.4 is 10.6 Å². The number of nitrogens with two attached hydrogens (primary N) is 1. The molecule has 0 spiro atoms. The summed E-state index contributed by atoms with van der Waals surface area (Å²) in [5.74, 6) is 0.788. The van der Waals surface area contributed by atoms with Gasteiger partial charge < -0.3 is 49.3 Å². The highest BCUT2D eigenvalue weighted by atomic mass is 16.6. The monoisotopic (exact) mass is 584 g/mol. The van der Waals surface area contributed by atoms with Crippen molar-refractivity contribution in [2.45, 2.75) is 65.0 Å². The molecule has 0 fully saturated rings. The first-order valence-corrected chi connectivity index (χ1v) is 15.1. The molecule has 4 N–H and O–H groups in total. The largest absolute Gasteiger partial charge is 0.398 e. The van der Waals surface area contributed by atoms with Gasteiger partial charge in [-0.3, -0.25) is 0 Å². The third kappa shape index (κ3) is 12.3. The van der Waals surface area contributed by atoms with Gasteiger partial charge in [-0.05, 0) is 61.8 Å². The minimum Gasteiger partial charge on any atom is -0.398 e. The summed E-state index contributed by atoms with van der Waals surface area (Å²) in [5, 5.41) is 18.4. The van der Waals surface area contributed by atoms with Crippen LogP contribution >= 0.6 is 0 Å². The van der Waals surface area contributed by atoms with E-state index in [0.29, 0.717) is 97.5 Å². The fraction of sp³-hybridized carbons (Fsp3) is 0.806. The van der Waals surface area contributed by atoms with Crippen molar-refractivity contribution in [3.8, 4) is 0 Å². The molecule has 1 aromatic carbocycles. The fourth-order valence-electron chi connectivity index (χ4n) is 4.97. The van der Waals surface area contributed by atoms with Crippen LogP contribution in [0.15, 0.2) is 12.1 Å². The number of benzene rings is 1. The lowest BCUT2D eigenvalue weighted by molar-refractivity contribution is -0.0284. The molecule has 0 amide bonds. The Morgan fingerprint density at radius 3 is 1.83 bits per heavy atom. The lowest BCUT2D eigenvalue weighted by Gasteiger charge is -2.50. The average Bonchev–Trinajstić information content (AvgIpc) is 2.92. The third-order valence-electron chi connectivity index (χ3n) is 7.77. The zero-order valence-electron chi connectivity index (χ0n) is 26.1. The van der Waals surface area contributed by atoms with Gasteiger partial charge in [0.15, 0.2) is 0 Å². The molecule has 0 radical (unpaired) electrons. The number of nitrogens with zero attached hydrogens (tertiary/aromatic N) is 1. The van der Waals surface area contributed by atoms with E-state index in [2.05, 4.69) is 51.7 Å². The van der Waals surface area contributed by atoms with Crippen molar-refractivity contribution in [1.82, 2.24) is 0 Å². The quantitative estimate of drug-likeness (QED) is 0.131. The summed E-state index contributed by atoms with van der Waals surface area (Å²) in [5.41, 5.74) is 10.9. The third-order valence-corrected chi connectivity index (χ3v) is 7.77. The number of aliphatic hydroxyl groups is 2. The highest BCUT2D eigenvalue weighted by Crippen LogP contribution is 2.43. The van der Waals surface area contributed by atoms with Gasteiger partial charge in [0.1, 0.15) is 0 Å². The van der Waals surface area contributed by atoms with Crippen molar-refractivity contribution < 1.29 is 38.6 Å². The molecule has 10 nitrogen and oxygen atoms in total. The molecule has 1 aliphatic heterocycles. The average molecular weight is 585 g/mol. The summed E-state index contributed by atoms with van der Waals surface area (Å²) in [6.07, 6.45) is 1.44. The van der Waals surface area contributed by atoms with Crippen molar-refractivity contribution in [3.05, 3.63) is 23.3 Å². The zero-order valence-corrected chi connectivity index (χ0v) is 26.1. The van der Waals surface area contributed by atoms with Gasteiger partial charge in [0.25, 0.3) is 0 Å². The fourth-order valence-corrected chi connectivity index (χ4v) is 4.97. The van der Waals surface area contributed by atoms with E-state index in [1.165, 1.54) is 16.8 Å². The van der Waals surface area contributed by atoms with Gasteiger partial charge in [-0.15, -0.1) is 0 Å². The van der Waals surface area contributed by atoms with Gasteiger partial charge in [-0.25, -0.2) is 0 Å². The van der Waals surface area contributed by atoms with Crippen molar-refractivity contribution in [3.63, 3.8) is 0 Å². The summed E-state index contributed by atoms with van der Waals surface area (Å²) >= 11 is 0. The molecule has 0 saturated heterocycles. The second-order valence-corrected chi connectivity index (χ2v) is 11.4. The van der Waals surface area contributed by atoms with Gasteiger partial charge in [0.2, 0.25) is 0 Å². The van der Waals surface area contributed by atoms with Gasteiger partial charge in [-0.1, -0.05) is 20.8 Å². The summed E-state index contributed by atoms with van der Waals surface area (Å²) in [6.45, 7) is 17.2. The number of rotatable bonds is 23. The number of hydrogen-bond donors (Lipinski definition) is 3. The minimum absolute atomic E-state index is 0.0237. The highest BCUT2D eigenvalue weighted by Gasteiger charge is 2.39. The molecule has 2 atom stereocenters. The van der Waals surface area contributed by atoms with E-state index in [4.69, 9.17) is 39.3 Å². The Hall–Kier alpha value is -1.50. The smallest absolute Gasteiger partial charge is 0.0773 e. The van der Waals surface area contributed by atoms with Crippen LogP contribution in [-0.4, -0.2) is 114 Å². The molecule has 10 heteroatoms. The number of hydrogen-bond acceptors (Lipinski definition) is 10. The van der Waals surface area contributed by atoms with E-state index in [0.717, 1.165) is 12.1 Å². The standard InChI is InChI=1S/C31H56N2O8/c1-24(2)28-22-30-26(21-29(28)32)20-25(3)31(4,5)33(30)23-27(6-7-34)41-19-18-40-17-16-39-15-14-38-13-12-37-11-10-36-9-8-35/h21-22,24-25,27,34-35H,6-20,23,32H2,1-5H3. The summed E-state index contributed by atoms with van der Waals surface area (Å²) < 4.78 is 33.4. The topological polar surface area (TPSA) is 125 Å². The molecule has 1 aliphatic rings. The van der Waals surface area contributed by atoms with Crippen molar-refractivity contribution in [2.24, 2.45) is 5.92 Å². The van der Waals surface area contributed by atoms with Crippen molar-refractivity contribution in [2.75, 3.05) is 103 Å². The van der Waals surface area contributed by atoms with E-state index < -0.39 is 0 Å². The molecule has 2 unspecified atom stereocenters. The van der Waals surface area contributed by atoms with Crippen LogP contribution in [0.2, 0.25) is 0 Å². The summed E-state index contributed by atoms with van der Waals surface area (Å²) in [4.78, 5) is 2.46. The first-order chi connectivity index (χ1) is 19.7. The Labute approximate surface area is 247 Å². The van der Waals surface area contributed by atoms with Crippen LogP contribution in [0, 0.1) is 5.92 Å². The Bertz CT molecular complexity index is 839. The molecular formula is C31H56N2O8. The second-order valence-electron chi connectivity index (χ2n) is 11.4. The van der Waals surface area contributed by atoms with Crippen LogP contribution in [-0.2, 0) is 34.8 Å². The Kier molecular flexibility index (Phi) is 17.1. The molecule has 2 rings (SSSR count). The van der Waals surface area contributed by atoms with Gasteiger partial charge in [0, 0.05) is 30.1 Å². The van der Waals surface area contributed by atoms with Crippen molar-refractivity contribution in [1.29, 1.82) is 0 Å². The number of fused-ring (bicyclic) bond motifs is 1. The van der Waals surface area contributed by atoms with E-state index in [-0.39, 0.29) is 24.9 Å². The van der Waals surface area contributed by atoms with Crippen molar-refractivity contribution >= 4 is 11.4 Å². The number of anilines is 2. The number of ether oxygens (including phenoxy) is 6. The molecule has 238 valence electrons. The summed E-state index contributed by atoms with van der Waals surface area (Å²) in [7, 11) is 0. The van der Waals surface area contributed by atoms with Gasteiger partial charge in [-0.2, -0.15) is 0 Å². The molecule has 1 heterocycles.